The molecular weight excluding hydrogens is 364 g/mol. The molecule has 0 saturated heterocycles. The summed E-state index contributed by atoms with van der Waals surface area (Å²) in [7, 11) is 1.52. The van der Waals surface area contributed by atoms with Crippen LogP contribution < -0.4 is 20.5 Å². The number of carbonyl (C=O) groups excluding carboxylic acids is 1. The van der Waals surface area contributed by atoms with Crippen LogP contribution in [0.1, 0.15) is 26.3 Å². The molecule has 3 rings (SSSR count). The number of pyridine rings is 1. The number of nitrogens with zero attached hydrogens (tertiary/aromatic N) is 2. The van der Waals surface area contributed by atoms with Gasteiger partial charge in [0.25, 0.3) is 0 Å². The highest BCUT2D eigenvalue weighted by molar-refractivity contribution is 5.93. The zero-order valence-electron chi connectivity index (χ0n) is 16.1. The minimum atomic E-state index is -0.545. The number of rotatable bonds is 5. The average Bonchev–Trinajstić information content (AvgIpc) is 3.00. The molecule has 0 fully saturated rings. The number of aromatic nitrogens is 2. The maximum absolute atomic E-state index is 11.7. The summed E-state index contributed by atoms with van der Waals surface area (Å²) in [6.07, 6.45) is 1.12. The first-order valence-electron chi connectivity index (χ1n) is 8.57. The number of nitrogen functional groups attached to an aromatic ring is 1. The quantitative estimate of drug-likeness (QED) is 0.682. The first-order chi connectivity index (χ1) is 13.2. The van der Waals surface area contributed by atoms with Crippen LogP contribution in [0.5, 0.6) is 17.4 Å². The summed E-state index contributed by atoms with van der Waals surface area (Å²) in [5.41, 5.74) is 6.48. The first kappa shape index (κ1) is 19.3. The van der Waals surface area contributed by atoms with Gasteiger partial charge in [-0.3, -0.25) is 0 Å². The second kappa shape index (κ2) is 7.63. The van der Waals surface area contributed by atoms with Crippen molar-refractivity contribution in [3.63, 3.8) is 0 Å². The Kier molecular flexibility index (Phi) is 5.25. The van der Waals surface area contributed by atoms with Gasteiger partial charge in [0, 0.05) is 30.9 Å². The highest BCUT2D eigenvalue weighted by Crippen LogP contribution is 2.36. The molecule has 0 unspecified atom stereocenters. The fraction of sp³-hybridized carbons (Fsp3) is 0.316. The summed E-state index contributed by atoms with van der Waals surface area (Å²) >= 11 is 0. The van der Waals surface area contributed by atoms with Crippen molar-refractivity contribution in [3.05, 3.63) is 36.0 Å². The molecule has 2 aromatic heterocycles. The molecule has 148 valence electrons. The van der Waals surface area contributed by atoms with Crippen molar-refractivity contribution in [1.29, 1.82) is 0 Å². The Labute approximate surface area is 161 Å². The average molecular weight is 386 g/mol. The number of benzene rings is 1. The van der Waals surface area contributed by atoms with E-state index in [0.29, 0.717) is 34.9 Å². The number of hydrogen-bond donors (Lipinski definition) is 2. The van der Waals surface area contributed by atoms with E-state index in [1.807, 2.05) is 0 Å². The molecule has 3 aromatic rings. The van der Waals surface area contributed by atoms with E-state index >= 15 is 0 Å². The van der Waals surface area contributed by atoms with Gasteiger partial charge in [-0.1, -0.05) is 11.2 Å². The Morgan fingerprint density at radius 3 is 2.71 bits per heavy atom. The number of anilines is 1. The minimum absolute atomic E-state index is 0.248. The van der Waals surface area contributed by atoms with E-state index in [1.54, 1.807) is 51.2 Å². The molecule has 3 N–H and O–H groups in total. The molecular formula is C19H22N4O5. The number of amides is 1. The van der Waals surface area contributed by atoms with Gasteiger partial charge in [-0.25, -0.2) is 9.78 Å². The molecule has 0 saturated carbocycles. The maximum Gasteiger partial charge on any atom is 0.407 e. The predicted molar refractivity (Wildman–Crippen MR) is 102 cm³/mol. The summed E-state index contributed by atoms with van der Waals surface area (Å²) in [4.78, 5) is 15.9. The molecule has 1 aromatic carbocycles. The Bertz CT molecular complexity index is 976. The Morgan fingerprint density at radius 1 is 1.29 bits per heavy atom. The lowest BCUT2D eigenvalue weighted by atomic mass is 10.2. The number of carbonyl (C=O) groups is 1. The third-order valence-electron chi connectivity index (χ3n) is 3.61. The smallest absolute Gasteiger partial charge is 0.407 e. The standard InChI is InChI=1S/C19H22N4O5/c1-19(2,3)27-18(24)22-10-11-5-6-15(21-9-11)26-12-7-13(25-4)16-14(8-12)28-23-17(16)20/h5-9H,10H2,1-4H3,(H2,20,23)(H,22,24). The van der Waals surface area contributed by atoms with E-state index in [0.717, 1.165) is 5.56 Å². The predicted octanol–water partition coefficient (Wildman–Crippen LogP) is 3.63. The Hall–Kier alpha value is -3.49. The van der Waals surface area contributed by atoms with Crippen LogP contribution in [0.4, 0.5) is 10.6 Å². The SMILES string of the molecule is COc1cc(Oc2ccc(CNC(=O)OC(C)(C)C)cn2)cc2onc(N)c12. The second-order valence-corrected chi connectivity index (χ2v) is 7.03. The van der Waals surface area contributed by atoms with Gasteiger partial charge in [-0.05, 0) is 26.3 Å². The van der Waals surface area contributed by atoms with Crippen molar-refractivity contribution < 1.29 is 23.5 Å². The van der Waals surface area contributed by atoms with E-state index in [2.05, 4.69) is 15.5 Å². The van der Waals surface area contributed by atoms with E-state index in [1.165, 1.54) is 7.11 Å². The number of hydrogen-bond acceptors (Lipinski definition) is 8. The minimum Gasteiger partial charge on any atom is -0.496 e. The van der Waals surface area contributed by atoms with E-state index < -0.39 is 11.7 Å². The molecule has 0 spiro atoms. The van der Waals surface area contributed by atoms with Gasteiger partial charge >= 0.3 is 6.09 Å². The van der Waals surface area contributed by atoms with Crippen molar-refractivity contribution >= 4 is 22.9 Å². The largest absolute Gasteiger partial charge is 0.496 e. The molecule has 0 aliphatic carbocycles. The fourth-order valence-electron chi connectivity index (χ4n) is 2.44. The lowest BCUT2D eigenvalue weighted by Gasteiger charge is -2.19. The summed E-state index contributed by atoms with van der Waals surface area (Å²) in [6.45, 7) is 5.71. The first-order valence-corrected chi connectivity index (χ1v) is 8.57. The topological polar surface area (TPSA) is 122 Å². The summed E-state index contributed by atoms with van der Waals surface area (Å²) in [5, 5.41) is 6.99. The van der Waals surface area contributed by atoms with Crippen LogP contribution in [0.25, 0.3) is 11.0 Å². The fourth-order valence-corrected chi connectivity index (χ4v) is 2.44. The monoisotopic (exact) mass is 386 g/mol. The van der Waals surface area contributed by atoms with Gasteiger partial charge < -0.3 is 29.8 Å². The zero-order chi connectivity index (χ0) is 20.3. The molecule has 0 atom stereocenters. The van der Waals surface area contributed by atoms with Gasteiger partial charge in [0.1, 0.15) is 22.5 Å². The van der Waals surface area contributed by atoms with Crippen molar-refractivity contribution in [2.45, 2.75) is 32.9 Å². The zero-order valence-corrected chi connectivity index (χ0v) is 16.1. The van der Waals surface area contributed by atoms with E-state index in [9.17, 15) is 4.79 Å². The third kappa shape index (κ3) is 4.61. The van der Waals surface area contributed by atoms with E-state index in [4.69, 9.17) is 24.5 Å². The van der Waals surface area contributed by atoms with Crippen LogP contribution in [-0.2, 0) is 11.3 Å². The van der Waals surface area contributed by atoms with Crippen LogP contribution >= 0.6 is 0 Å². The number of ether oxygens (including phenoxy) is 3. The summed E-state index contributed by atoms with van der Waals surface area (Å²) in [5.74, 6) is 1.57. The summed E-state index contributed by atoms with van der Waals surface area (Å²) < 4.78 is 21.4. The maximum atomic E-state index is 11.7. The molecule has 0 radical (unpaired) electrons. The third-order valence-corrected chi connectivity index (χ3v) is 3.61. The van der Waals surface area contributed by atoms with Crippen LogP contribution in [0.15, 0.2) is 35.0 Å². The Balaban J connectivity index is 1.66. The lowest BCUT2D eigenvalue weighted by Crippen LogP contribution is -2.32. The van der Waals surface area contributed by atoms with Crippen LogP contribution in [0.2, 0.25) is 0 Å². The van der Waals surface area contributed by atoms with Crippen LogP contribution in [0, 0.1) is 0 Å². The molecule has 9 nitrogen and oxygen atoms in total. The number of nitrogens with one attached hydrogen (secondary N) is 1. The molecule has 9 heteroatoms. The molecule has 0 bridgehead atoms. The lowest BCUT2D eigenvalue weighted by molar-refractivity contribution is 0.0523. The van der Waals surface area contributed by atoms with Crippen molar-refractivity contribution in [2.24, 2.45) is 0 Å². The van der Waals surface area contributed by atoms with Gasteiger partial charge in [0.05, 0.1) is 7.11 Å². The van der Waals surface area contributed by atoms with Gasteiger partial charge in [0.15, 0.2) is 11.4 Å². The molecule has 28 heavy (non-hydrogen) atoms. The second-order valence-electron chi connectivity index (χ2n) is 7.03. The Morgan fingerprint density at radius 2 is 2.07 bits per heavy atom. The van der Waals surface area contributed by atoms with Crippen molar-refractivity contribution in [3.8, 4) is 17.4 Å². The van der Waals surface area contributed by atoms with Gasteiger partial charge in [-0.2, -0.15) is 0 Å². The van der Waals surface area contributed by atoms with E-state index in [-0.39, 0.29) is 5.82 Å². The van der Waals surface area contributed by atoms with Crippen LogP contribution in [-0.4, -0.2) is 28.9 Å². The molecule has 1 amide bonds. The number of alkyl carbamates (subject to hydrolysis) is 1. The number of nitrogens with two attached hydrogens (primary N) is 1. The number of methoxy groups -OCH3 is 1. The molecule has 0 aliphatic rings. The van der Waals surface area contributed by atoms with Crippen molar-refractivity contribution in [2.75, 3.05) is 12.8 Å². The highest BCUT2D eigenvalue weighted by atomic mass is 16.6. The molecule has 2 heterocycles. The van der Waals surface area contributed by atoms with Gasteiger partial charge in [0.2, 0.25) is 5.88 Å². The molecule has 0 aliphatic heterocycles. The highest BCUT2D eigenvalue weighted by Gasteiger charge is 2.16. The number of fused-ring (bicyclic) bond motifs is 1. The van der Waals surface area contributed by atoms with Gasteiger partial charge in [-0.15, -0.1) is 0 Å². The normalized spacial score (nSPS) is 11.3. The summed E-state index contributed by atoms with van der Waals surface area (Å²) in [6, 6.07) is 6.82. The van der Waals surface area contributed by atoms with Crippen LogP contribution in [0.3, 0.4) is 0 Å². The van der Waals surface area contributed by atoms with Crippen molar-refractivity contribution in [1.82, 2.24) is 15.5 Å².